The summed E-state index contributed by atoms with van der Waals surface area (Å²) in [7, 11) is 1.84. The molecular weight excluding hydrogens is 358 g/mol. The van der Waals surface area contributed by atoms with E-state index in [-0.39, 0.29) is 5.91 Å². The average Bonchev–Trinajstić information content (AvgIpc) is 3.26. The summed E-state index contributed by atoms with van der Waals surface area (Å²) in [4.78, 5) is 15.3. The largest absolute Gasteiger partial charge is 0.489 e. The Bertz CT molecular complexity index is 915. The molecule has 0 aliphatic rings. The summed E-state index contributed by atoms with van der Waals surface area (Å²) in [5, 5.41) is 6.52. The van der Waals surface area contributed by atoms with Crippen molar-refractivity contribution in [2.24, 2.45) is 0 Å². The van der Waals surface area contributed by atoms with E-state index in [1.807, 2.05) is 60.4 Å². The Morgan fingerprint density at radius 1 is 1.26 bits per heavy atom. The first-order chi connectivity index (χ1) is 13.0. The van der Waals surface area contributed by atoms with E-state index >= 15 is 0 Å². The summed E-state index contributed by atoms with van der Waals surface area (Å²) in [6, 6.07) is 11.6. The van der Waals surface area contributed by atoms with E-state index in [4.69, 9.17) is 4.74 Å². The molecule has 0 saturated heterocycles. The molecule has 0 bridgehead atoms. The number of nitrogens with zero attached hydrogens (tertiary/aromatic N) is 3. The molecule has 0 saturated carbocycles. The number of thiophene rings is 1. The molecule has 0 radical (unpaired) electrons. The van der Waals surface area contributed by atoms with Crippen LogP contribution in [0.15, 0.2) is 41.8 Å². The van der Waals surface area contributed by atoms with Crippen molar-refractivity contribution in [3.05, 3.63) is 69.2 Å². The second-order valence-corrected chi connectivity index (χ2v) is 7.46. The van der Waals surface area contributed by atoms with Gasteiger partial charge in [0.1, 0.15) is 12.4 Å². The third-order valence-corrected chi connectivity index (χ3v) is 5.55. The van der Waals surface area contributed by atoms with Crippen LogP contribution >= 0.6 is 11.3 Å². The Labute approximate surface area is 164 Å². The zero-order chi connectivity index (χ0) is 19.4. The summed E-state index contributed by atoms with van der Waals surface area (Å²) < 4.78 is 7.74. The van der Waals surface area contributed by atoms with Crippen molar-refractivity contribution in [2.45, 2.75) is 40.5 Å². The van der Waals surface area contributed by atoms with Gasteiger partial charge in [-0.1, -0.05) is 18.2 Å². The van der Waals surface area contributed by atoms with Crippen LogP contribution in [0.3, 0.4) is 0 Å². The van der Waals surface area contributed by atoms with E-state index in [9.17, 15) is 4.79 Å². The van der Waals surface area contributed by atoms with E-state index in [1.165, 1.54) is 11.3 Å². The third kappa shape index (κ3) is 4.39. The number of hydrogen-bond donors (Lipinski definition) is 0. The fourth-order valence-corrected chi connectivity index (χ4v) is 3.91. The van der Waals surface area contributed by atoms with Gasteiger partial charge in [-0.3, -0.25) is 9.48 Å². The zero-order valence-corrected chi connectivity index (χ0v) is 17.0. The van der Waals surface area contributed by atoms with Crippen molar-refractivity contribution in [1.29, 1.82) is 0 Å². The minimum atomic E-state index is 0.0222. The number of rotatable bonds is 7. The Hall–Kier alpha value is -2.60. The predicted molar refractivity (Wildman–Crippen MR) is 108 cm³/mol. The molecule has 3 rings (SSSR count). The van der Waals surface area contributed by atoms with Crippen LogP contribution in [0.2, 0.25) is 0 Å². The molecule has 0 fully saturated rings. The molecule has 2 aromatic heterocycles. The predicted octanol–water partition coefficient (Wildman–Crippen LogP) is 4.43. The summed E-state index contributed by atoms with van der Waals surface area (Å²) in [6.07, 6.45) is 0. The van der Waals surface area contributed by atoms with Crippen molar-refractivity contribution in [2.75, 3.05) is 7.05 Å². The van der Waals surface area contributed by atoms with Crippen molar-refractivity contribution in [3.63, 3.8) is 0 Å². The maximum atomic E-state index is 12.8. The van der Waals surface area contributed by atoms with Crippen LogP contribution in [0, 0.1) is 13.8 Å². The highest BCUT2D eigenvalue weighted by molar-refractivity contribution is 7.12. The lowest BCUT2D eigenvalue weighted by molar-refractivity contribution is 0.0789. The van der Waals surface area contributed by atoms with Crippen molar-refractivity contribution >= 4 is 17.2 Å². The minimum Gasteiger partial charge on any atom is -0.489 e. The highest BCUT2D eigenvalue weighted by atomic mass is 32.1. The molecule has 0 atom stereocenters. The Balaban J connectivity index is 1.64. The number of benzene rings is 1. The molecule has 0 spiro atoms. The van der Waals surface area contributed by atoms with Crippen LogP contribution in [-0.4, -0.2) is 27.6 Å². The molecule has 2 heterocycles. The number of para-hydroxylation sites is 1. The van der Waals surface area contributed by atoms with Gasteiger partial charge in [0.2, 0.25) is 0 Å². The monoisotopic (exact) mass is 383 g/mol. The maximum Gasteiger partial charge on any atom is 0.263 e. The van der Waals surface area contributed by atoms with Gasteiger partial charge in [0.15, 0.2) is 0 Å². The van der Waals surface area contributed by atoms with Gasteiger partial charge in [-0.2, -0.15) is 5.10 Å². The van der Waals surface area contributed by atoms with Crippen LogP contribution in [-0.2, 0) is 19.7 Å². The lowest BCUT2D eigenvalue weighted by Gasteiger charge is -2.16. The molecule has 0 aliphatic heterocycles. The molecule has 0 aliphatic carbocycles. The minimum absolute atomic E-state index is 0.0222. The van der Waals surface area contributed by atoms with E-state index in [0.29, 0.717) is 13.2 Å². The number of amides is 1. The van der Waals surface area contributed by atoms with Crippen LogP contribution in [0.25, 0.3) is 0 Å². The molecule has 1 aromatic carbocycles. The van der Waals surface area contributed by atoms with Crippen molar-refractivity contribution in [3.8, 4) is 5.75 Å². The van der Waals surface area contributed by atoms with E-state index < -0.39 is 0 Å². The smallest absolute Gasteiger partial charge is 0.263 e. The van der Waals surface area contributed by atoms with Crippen LogP contribution in [0.4, 0.5) is 0 Å². The Morgan fingerprint density at radius 2 is 2.00 bits per heavy atom. The van der Waals surface area contributed by atoms with Crippen molar-refractivity contribution < 1.29 is 9.53 Å². The van der Waals surface area contributed by atoms with Crippen molar-refractivity contribution in [1.82, 2.24) is 14.7 Å². The number of aryl methyl sites for hydroxylation is 2. The van der Waals surface area contributed by atoms with Gasteiger partial charge in [-0.25, -0.2) is 0 Å². The summed E-state index contributed by atoms with van der Waals surface area (Å²) in [6.45, 7) is 7.98. The fourth-order valence-electron chi connectivity index (χ4n) is 3.01. The molecule has 1 amide bonds. The highest BCUT2D eigenvalue weighted by Crippen LogP contribution is 2.21. The first-order valence-corrected chi connectivity index (χ1v) is 9.91. The number of carbonyl (C=O) groups is 1. The standard InChI is InChI=1S/C21H25N3O2S/c1-5-24-16(3)19(15(2)22-24)12-23(4)21(25)20-11-17(14-27-20)13-26-18-9-7-6-8-10-18/h6-11,14H,5,12-13H2,1-4H3. The van der Waals surface area contributed by atoms with E-state index in [1.54, 1.807) is 4.90 Å². The van der Waals surface area contributed by atoms with Crippen LogP contribution < -0.4 is 4.74 Å². The average molecular weight is 384 g/mol. The van der Waals surface area contributed by atoms with Gasteiger partial charge >= 0.3 is 0 Å². The second kappa shape index (κ2) is 8.39. The fraction of sp³-hybridized carbons (Fsp3) is 0.333. The molecule has 3 aromatic rings. The molecule has 142 valence electrons. The van der Waals surface area contributed by atoms with Crippen LogP contribution in [0.5, 0.6) is 5.75 Å². The summed E-state index contributed by atoms with van der Waals surface area (Å²) in [5.41, 5.74) is 4.23. The van der Waals surface area contributed by atoms with Gasteiger partial charge in [-0.05, 0) is 44.4 Å². The maximum absolute atomic E-state index is 12.8. The lowest BCUT2D eigenvalue weighted by Crippen LogP contribution is -2.26. The normalized spacial score (nSPS) is 10.8. The van der Waals surface area contributed by atoms with Gasteiger partial charge in [-0.15, -0.1) is 11.3 Å². The SMILES string of the molecule is CCn1nc(C)c(CN(C)C(=O)c2cc(COc3ccccc3)cs2)c1C. The highest BCUT2D eigenvalue weighted by Gasteiger charge is 2.18. The first-order valence-electron chi connectivity index (χ1n) is 9.03. The molecule has 0 unspecified atom stereocenters. The Kier molecular flexibility index (Phi) is 5.96. The number of hydrogen-bond acceptors (Lipinski definition) is 4. The summed E-state index contributed by atoms with van der Waals surface area (Å²) in [5.74, 6) is 0.849. The summed E-state index contributed by atoms with van der Waals surface area (Å²) >= 11 is 1.46. The quantitative estimate of drug-likeness (QED) is 0.606. The first kappa shape index (κ1) is 19.2. The Morgan fingerprint density at radius 3 is 2.67 bits per heavy atom. The molecular formula is C21H25N3O2S. The third-order valence-electron chi connectivity index (χ3n) is 4.59. The van der Waals surface area contributed by atoms with Gasteiger partial charge < -0.3 is 9.64 Å². The second-order valence-electron chi connectivity index (χ2n) is 6.55. The zero-order valence-electron chi connectivity index (χ0n) is 16.2. The van der Waals surface area contributed by atoms with E-state index in [2.05, 4.69) is 18.9 Å². The number of carbonyl (C=O) groups excluding carboxylic acids is 1. The van der Waals surface area contributed by atoms with E-state index in [0.717, 1.165) is 39.7 Å². The molecule has 5 nitrogen and oxygen atoms in total. The van der Waals surface area contributed by atoms with Gasteiger partial charge in [0.25, 0.3) is 5.91 Å². The number of ether oxygens (including phenoxy) is 1. The van der Waals surface area contributed by atoms with Gasteiger partial charge in [0.05, 0.1) is 10.6 Å². The number of aromatic nitrogens is 2. The molecule has 27 heavy (non-hydrogen) atoms. The topological polar surface area (TPSA) is 47.4 Å². The lowest BCUT2D eigenvalue weighted by atomic mass is 10.2. The molecule has 6 heteroatoms. The van der Waals surface area contributed by atoms with Gasteiger partial charge in [0, 0.05) is 37.0 Å². The molecule has 0 N–H and O–H groups in total. The van der Waals surface area contributed by atoms with Crippen LogP contribution in [0.1, 0.15) is 39.1 Å².